The van der Waals surface area contributed by atoms with Crippen LogP contribution in [0.15, 0.2) is 40.0 Å². The smallest absolute Gasteiger partial charge is 0.267 e. The van der Waals surface area contributed by atoms with Crippen molar-refractivity contribution in [3.63, 3.8) is 0 Å². The average molecular weight is 312 g/mol. The molecule has 106 valence electrons. The maximum absolute atomic E-state index is 11.8. The van der Waals surface area contributed by atoms with E-state index in [9.17, 15) is 4.79 Å². The minimum absolute atomic E-state index is 0.261. The molecule has 0 unspecified atom stereocenters. The molecule has 6 heteroatoms. The maximum atomic E-state index is 11.8. The topological polar surface area (TPSA) is 51.3 Å². The summed E-state index contributed by atoms with van der Waals surface area (Å²) in [5.41, 5.74) is 2.24. The SMILES string of the molecule is CCc1cc(-c2ccc(SOOC)cc2)[nH]c(=O)c1Cl. The highest BCUT2D eigenvalue weighted by Crippen LogP contribution is 2.25. The molecule has 4 nitrogen and oxygen atoms in total. The molecule has 0 spiro atoms. The minimum atomic E-state index is -0.262. The molecule has 0 aliphatic rings. The molecule has 2 rings (SSSR count). The van der Waals surface area contributed by atoms with E-state index in [1.807, 2.05) is 37.3 Å². The molecule has 0 saturated heterocycles. The normalized spacial score (nSPS) is 10.8. The van der Waals surface area contributed by atoms with Gasteiger partial charge in [0, 0.05) is 10.6 Å². The Morgan fingerprint density at radius 1 is 1.30 bits per heavy atom. The second-order valence-corrected chi connectivity index (χ2v) is 5.20. The molecule has 20 heavy (non-hydrogen) atoms. The van der Waals surface area contributed by atoms with Crippen LogP contribution in [0.3, 0.4) is 0 Å². The fourth-order valence-corrected chi connectivity index (χ4v) is 2.40. The predicted octanol–water partition coefficient (Wildman–Crippen LogP) is 3.84. The monoisotopic (exact) mass is 311 g/mol. The third-order valence-electron chi connectivity index (χ3n) is 2.79. The van der Waals surface area contributed by atoms with E-state index < -0.39 is 0 Å². The molecular formula is C14H14ClNO3S. The molecule has 0 amide bonds. The van der Waals surface area contributed by atoms with Crippen LogP contribution in [0, 0.1) is 0 Å². The molecule has 0 saturated carbocycles. The number of hydrogen-bond acceptors (Lipinski definition) is 4. The minimum Gasteiger partial charge on any atom is -0.321 e. The largest absolute Gasteiger partial charge is 0.321 e. The number of aromatic amines is 1. The van der Waals surface area contributed by atoms with Gasteiger partial charge in [0.2, 0.25) is 0 Å². The third-order valence-corrected chi connectivity index (χ3v) is 3.88. The Labute approximate surface area is 126 Å². The van der Waals surface area contributed by atoms with E-state index in [1.165, 1.54) is 7.11 Å². The summed E-state index contributed by atoms with van der Waals surface area (Å²) in [5.74, 6) is 0. The molecule has 1 aromatic carbocycles. The van der Waals surface area contributed by atoms with Gasteiger partial charge in [-0.3, -0.25) is 4.79 Å². The lowest BCUT2D eigenvalue weighted by atomic mass is 10.1. The van der Waals surface area contributed by atoms with Crippen molar-refractivity contribution in [1.29, 1.82) is 0 Å². The van der Waals surface area contributed by atoms with Crippen molar-refractivity contribution in [2.75, 3.05) is 7.11 Å². The number of benzene rings is 1. The van der Waals surface area contributed by atoms with Gasteiger partial charge in [0.25, 0.3) is 5.56 Å². The second kappa shape index (κ2) is 6.95. The van der Waals surface area contributed by atoms with Crippen LogP contribution in [0.25, 0.3) is 11.3 Å². The van der Waals surface area contributed by atoms with Gasteiger partial charge in [0.05, 0.1) is 19.2 Å². The Balaban J connectivity index is 2.32. The van der Waals surface area contributed by atoms with Crippen LogP contribution in [-0.2, 0) is 15.6 Å². The fourth-order valence-electron chi connectivity index (χ4n) is 1.77. The standard InChI is InChI=1S/C14H14ClNO3S/c1-3-9-8-12(16-14(17)13(9)15)10-4-6-11(7-5-10)20-19-18-2/h4-8H,3H2,1-2H3,(H,16,17). The first-order valence-electron chi connectivity index (χ1n) is 6.05. The van der Waals surface area contributed by atoms with E-state index in [4.69, 9.17) is 15.9 Å². The predicted molar refractivity (Wildman–Crippen MR) is 80.8 cm³/mol. The van der Waals surface area contributed by atoms with Crippen LogP contribution in [0.2, 0.25) is 5.02 Å². The van der Waals surface area contributed by atoms with E-state index in [0.29, 0.717) is 6.42 Å². The number of aromatic nitrogens is 1. The van der Waals surface area contributed by atoms with Crippen molar-refractivity contribution in [1.82, 2.24) is 4.98 Å². The third kappa shape index (κ3) is 3.43. The molecule has 0 radical (unpaired) electrons. The summed E-state index contributed by atoms with van der Waals surface area (Å²) >= 11 is 7.08. The number of rotatable bonds is 5. The van der Waals surface area contributed by atoms with Gasteiger partial charge in [-0.2, -0.15) is 4.33 Å². The van der Waals surface area contributed by atoms with Crippen molar-refractivity contribution >= 4 is 23.6 Å². The second-order valence-electron chi connectivity index (χ2n) is 4.05. The molecule has 0 bridgehead atoms. The first-order valence-corrected chi connectivity index (χ1v) is 7.17. The first-order chi connectivity index (χ1) is 9.65. The molecule has 1 aromatic heterocycles. The van der Waals surface area contributed by atoms with Crippen LogP contribution >= 0.6 is 23.6 Å². The summed E-state index contributed by atoms with van der Waals surface area (Å²) < 4.78 is 4.78. The van der Waals surface area contributed by atoms with Gasteiger partial charge in [0.1, 0.15) is 5.02 Å². The van der Waals surface area contributed by atoms with E-state index in [2.05, 4.69) is 9.87 Å². The quantitative estimate of drug-likeness (QED) is 0.518. The van der Waals surface area contributed by atoms with Crippen molar-refractivity contribution in [2.45, 2.75) is 18.2 Å². The van der Waals surface area contributed by atoms with Gasteiger partial charge < -0.3 is 4.98 Å². The van der Waals surface area contributed by atoms with Gasteiger partial charge in [-0.1, -0.05) is 30.7 Å². The molecule has 2 aromatic rings. The molecule has 0 aliphatic carbocycles. The fraction of sp³-hybridized carbons (Fsp3) is 0.214. The summed E-state index contributed by atoms with van der Waals surface area (Å²) in [6.45, 7) is 1.96. The number of hydrogen-bond donors (Lipinski definition) is 1. The zero-order chi connectivity index (χ0) is 14.5. The van der Waals surface area contributed by atoms with E-state index >= 15 is 0 Å². The summed E-state index contributed by atoms with van der Waals surface area (Å²) in [6.07, 6.45) is 0.714. The van der Waals surface area contributed by atoms with Gasteiger partial charge in [0.15, 0.2) is 0 Å². The zero-order valence-corrected chi connectivity index (χ0v) is 12.7. The summed E-state index contributed by atoms with van der Waals surface area (Å²) in [6, 6.07) is 9.48. The van der Waals surface area contributed by atoms with Crippen molar-refractivity contribution in [3.8, 4) is 11.3 Å². The zero-order valence-electron chi connectivity index (χ0n) is 11.1. The lowest BCUT2D eigenvalue weighted by Gasteiger charge is -2.07. The first kappa shape index (κ1) is 15.1. The van der Waals surface area contributed by atoms with Crippen LogP contribution in [0.5, 0.6) is 0 Å². The number of H-pyrrole nitrogens is 1. The summed E-state index contributed by atoms with van der Waals surface area (Å²) in [4.78, 5) is 20.0. The van der Waals surface area contributed by atoms with Crippen LogP contribution in [0.1, 0.15) is 12.5 Å². The Morgan fingerprint density at radius 2 is 2.00 bits per heavy atom. The Morgan fingerprint density at radius 3 is 2.60 bits per heavy atom. The van der Waals surface area contributed by atoms with Gasteiger partial charge >= 0.3 is 0 Å². The number of nitrogens with one attached hydrogen (secondary N) is 1. The van der Waals surface area contributed by atoms with Crippen molar-refractivity contribution < 1.29 is 9.22 Å². The highest BCUT2D eigenvalue weighted by molar-refractivity contribution is 7.94. The highest BCUT2D eigenvalue weighted by Gasteiger charge is 2.07. The molecule has 0 aliphatic heterocycles. The lowest BCUT2D eigenvalue weighted by molar-refractivity contribution is -0.160. The van der Waals surface area contributed by atoms with Gasteiger partial charge in [-0.25, -0.2) is 4.89 Å². The van der Waals surface area contributed by atoms with Crippen LogP contribution in [-0.4, -0.2) is 12.1 Å². The van der Waals surface area contributed by atoms with E-state index in [1.54, 1.807) is 0 Å². The number of aryl methyl sites for hydroxylation is 1. The summed E-state index contributed by atoms with van der Waals surface area (Å²) in [5, 5.41) is 0.261. The highest BCUT2D eigenvalue weighted by atomic mass is 35.5. The molecule has 1 heterocycles. The van der Waals surface area contributed by atoms with Gasteiger partial charge in [-0.05, 0) is 35.7 Å². The van der Waals surface area contributed by atoms with E-state index in [0.717, 1.165) is 33.8 Å². The Hall–Kier alpha value is -1.27. The van der Waals surface area contributed by atoms with Gasteiger partial charge in [-0.15, -0.1) is 0 Å². The number of halogens is 1. The lowest BCUT2D eigenvalue weighted by Crippen LogP contribution is -2.10. The molecule has 0 fully saturated rings. The summed E-state index contributed by atoms with van der Waals surface area (Å²) in [7, 11) is 1.45. The molecule has 0 atom stereocenters. The Kier molecular flexibility index (Phi) is 5.25. The van der Waals surface area contributed by atoms with E-state index in [-0.39, 0.29) is 10.6 Å². The van der Waals surface area contributed by atoms with Crippen LogP contribution < -0.4 is 5.56 Å². The average Bonchev–Trinajstić information content (AvgIpc) is 2.48. The van der Waals surface area contributed by atoms with Crippen molar-refractivity contribution in [3.05, 3.63) is 51.3 Å². The maximum Gasteiger partial charge on any atom is 0.267 e. The number of pyridine rings is 1. The molecule has 1 N–H and O–H groups in total. The molecular weight excluding hydrogens is 298 g/mol. The van der Waals surface area contributed by atoms with Crippen LogP contribution in [0.4, 0.5) is 0 Å². The van der Waals surface area contributed by atoms with Crippen molar-refractivity contribution in [2.24, 2.45) is 0 Å². The Bertz CT molecular complexity index is 640.